The molecule has 4 nitrogen and oxygen atoms in total. The third kappa shape index (κ3) is 4.00. The molecule has 0 aliphatic carbocycles. The van der Waals surface area contributed by atoms with Crippen LogP contribution in [0, 0.1) is 5.82 Å². The molecule has 1 heterocycles. The van der Waals surface area contributed by atoms with Gasteiger partial charge in [-0.05, 0) is 37.1 Å². The van der Waals surface area contributed by atoms with Crippen LogP contribution in [-0.4, -0.2) is 30.6 Å². The number of hydrazine groups is 1. The standard InChI is InChI=1S/C13H17FN2O2/c14-11-4-6-12(7-5-11)18-10-13(17)15-16-8-2-1-3-9-16/h4-7H,1-3,8-10H2,(H,15,17). The Morgan fingerprint density at radius 2 is 1.89 bits per heavy atom. The SMILES string of the molecule is O=C(COc1ccc(F)cc1)NN1CCCCC1. The van der Waals surface area contributed by atoms with Crippen molar-refractivity contribution in [2.75, 3.05) is 19.7 Å². The first-order valence-corrected chi connectivity index (χ1v) is 6.17. The second kappa shape index (κ2) is 6.35. The van der Waals surface area contributed by atoms with Crippen molar-refractivity contribution in [3.63, 3.8) is 0 Å². The fourth-order valence-corrected chi connectivity index (χ4v) is 1.89. The van der Waals surface area contributed by atoms with Crippen molar-refractivity contribution < 1.29 is 13.9 Å². The molecule has 98 valence electrons. The first-order valence-electron chi connectivity index (χ1n) is 6.17. The lowest BCUT2D eigenvalue weighted by molar-refractivity contribution is -0.128. The summed E-state index contributed by atoms with van der Waals surface area (Å²) in [5.74, 6) is -0.00784. The van der Waals surface area contributed by atoms with Crippen LogP contribution in [0.1, 0.15) is 19.3 Å². The second-order valence-corrected chi connectivity index (χ2v) is 4.33. The Balaban J connectivity index is 1.72. The molecule has 0 saturated carbocycles. The minimum atomic E-state index is -0.319. The van der Waals surface area contributed by atoms with Gasteiger partial charge in [-0.1, -0.05) is 6.42 Å². The average Bonchev–Trinajstić information content (AvgIpc) is 2.39. The van der Waals surface area contributed by atoms with Crippen LogP contribution in [0.2, 0.25) is 0 Å². The summed E-state index contributed by atoms with van der Waals surface area (Å²) < 4.78 is 17.9. The van der Waals surface area contributed by atoms with E-state index in [1.54, 1.807) is 0 Å². The van der Waals surface area contributed by atoms with E-state index in [4.69, 9.17) is 4.74 Å². The number of nitrogens with zero attached hydrogens (tertiary/aromatic N) is 1. The van der Waals surface area contributed by atoms with Crippen molar-refractivity contribution in [2.24, 2.45) is 0 Å². The molecular formula is C13H17FN2O2. The van der Waals surface area contributed by atoms with Gasteiger partial charge < -0.3 is 4.74 Å². The monoisotopic (exact) mass is 252 g/mol. The number of hydrogen-bond acceptors (Lipinski definition) is 3. The van der Waals surface area contributed by atoms with Crippen LogP contribution >= 0.6 is 0 Å². The number of ether oxygens (including phenoxy) is 1. The Kier molecular flexibility index (Phi) is 4.52. The number of rotatable bonds is 4. The number of carbonyl (C=O) groups is 1. The van der Waals surface area contributed by atoms with Gasteiger partial charge in [0.15, 0.2) is 6.61 Å². The minimum absolute atomic E-state index is 0.0534. The molecule has 0 unspecified atom stereocenters. The number of piperidine rings is 1. The number of halogens is 1. The van der Waals surface area contributed by atoms with Gasteiger partial charge in [-0.2, -0.15) is 0 Å². The quantitative estimate of drug-likeness (QED) is 0.887. The van der Waals surface area contributed by atoms with Crippen molar-refractivity contribution in [2.45, 2.75) is 19.3 Å². The molecule has 2 rings (SSSR count). The summed E-state index contributed by atoms with van der Waals surface area (Å²) in [6.45, 7) is 1.73. The Bertz CT molecular complexity index is 388. The Morgan fingerprint density at radius 3 is 2.56 bits per heavy atom. The summed E-state index contributed by atoms with van der Waals surface area (Å²) in [6, 6.07) is 5.61. The summed E-state index contributed by atoms with van der Waals surface area (Å²) in [4.78, 5) is 11.6. The van der Waals surface area contributed by atoms with Gasteiger partial charge in [-0.15, -0.1) is 0 Å². The highest BCUT2D eigenvalue weighted by atomic mass is 19.1. The maximum Gasteiger partial charge on any atom is 0.272 e. The topological polar surface area (TPSA) is 41.6 Å². The average molecular weight is 252 g/mol. The lowest BCUT2D eigenvalue weighted by atomic mass is 10.2. The molecule has 1 aromatic rings. The molecule has 1 aliphatic rings. The summed E-state index contributed by atoms with van der Waals surface area (Å²) in [7, 11) is 0. The molecule has 0 spiro atoms. The molecule has 0 bridgehead atoms. The minimum Gasteiger partial charge on any atom is -0.484 e. The van der Waals surface area contributed by atoms with Crippen molar-refractivity contribution >= 4 is 5.91 Å². The highest BCUT2D eigenvalue weighted by Crippen LogP contribution is 2.11. The molecule has 0 atom stereocenters. The van der Waals surface area contributed by atoms with Crippen LogP contribution in [0.3, 0.4) is 0 Å². The van der Waals surface area contributed by atoms with E-state index >= 15 is 0 Å². The van der Waals surface area contributed by atoms with Gasteiger partial charge in [0, 0.05) is 13.1 Å². The van der Waals surface area contributed by atoms with Gasteiger partial charge in [0.1, 0.15) is 11.6 Å². The normalized spacial score (nSPS) is 16.3. The maximum absolute atomic E-state index is 12.7. The number of amides is 1. The Hall–Kier alpha value is -1.62. The highest BCUT2D eigenvalue weighted by Gasteiger charge is 2.12. The molecule has 18 heavy (non-hydrogen) atoms. The molecule has 1 saturated heterocycles. The second-order valence-electron chi connectivity index (χ2n) is 4.33. The zero-order chi connectivity index (χ0) is 12.8. The fraction of sp³-hybridized carbons (Fsp3) is 0.462. The molecule has 0 aromatic heterocycles. The predicted molar refractivity (Wildman–Crippen MR) is 65.5 cm³/mol. The zero-order valence-corrected chi connectivity index (χ0v) is 10.2. The summed E-state index contributed by atoms with van der Waals surface area (Å²) >= 11 is 0. The van der Waals surface area contributed by atoms with E-state index < -0.39 is 0 Å². The zero-order valence-electron chi connectivity index (χ0n) is 10.2. The molecule has 0 radical (unpaired) electrons. The maximum atomic E-state index is 12.7. The van der Waals surface area contributed by atoms with Crippen LogP contribution in [0.5, 0.6) is 5.75 Å². The van der Waals surface area contributed by atoms with Gasteiger partial charge in [-0.3, -0.25) is 10.2 Å². The molecule has 5 heteroatoms. The predicted octanol–water partition coefficient (Wildman–Crippen LogP) is 1.72. The van der Waals surface area contributed by atoms with E-state index in [-0.39, 0.29) is 18.3 Å². The number of nitrogens with one attached hydrogen (secondary N) is 1. The van der Waals surface area contributed by atoms with E-state index in [1.165, 1.54) is 30.7 Å². The van der Waals surface area contributed by atoms with E-state index in [1.807, 2.05) is 5.01 Å². The van der Waals surface area contributed by atoms with Gasteiger partial charge >= 0.3 is 0 Å². The van der Waals surface area contributed by atoms with Crippen molar-refractivity contribution in [3.8, 4) is 5.75 Å². The smallest absolute Gasteiger partial charge is 0.272 e. The van der Waals surface area contributed by atoms with Crippen LogP contribution in [0.25, 0.3) is 0 Å². The molecule has 1 amide bonds. The van der Waals surface area contributed by atoms with E-state index in [0.717, 1.165) is 25.9 Å². The molecule has 1 aliphatic heterocycles. The summed E-state index contributed by atoms with van der Waals surface area (Å²) in [5.41, 5.74) is 2.80. The lowest BCUT2D eigenvalue weighted by Crippen LogP contribution is -2.46. The van der Waals surface area contributed by atoms with E-state index in [9.17, 15) is 9.18 Å². The van der Waals surface area contributed by atoms with Gasteiger partial charge in [-0.25, -0.2) is 9.40 Å². The lowest BCUT2D eigenvalue weighted by Gasteiger charge is -2.26. The van der Waals surface area contributed by atoms with Gasteiger partial charge in [0.25, 0.3) is 5.91 Å². The van der Waals surface area contributed by atoms with Gasteiger partial charge in [0.2, 0.25) is 0 Å². The van der Waals surface area contributed by atoms with Crippen LogP contribution < -0.4 is 10.2 Å². The number of benzene rings is 1. The van der Waals surface area contributed by atoms with E-state index in [0.29, 0.717) is 5.75 Å². The van der Waals surface area contributed by atoms with E-state index in [2.05, 4.69) is 5.43 Å². The first kappa shape index (κ1) is 12.8. The fourth-order valence-electron chi connectivity index (χ4n) is 1.89. The largest absolute Gasteiger partial charge is 0.484 e. The third-order valence-electron chi connectivity index (χ3n) is 2.82. The van der Waals surface area contributed by atoms with Crippen molar-refractivity contribution in [3.05, 3.63) is 30.1 Å². The van der Waals surface area contributed by atoms with Crippen LogP contribution in [-0.2, 0) is 4.79 Å². The van der Waals surface area contributed by atoms with Crippen molar-refractivity contribution in [1.29, 1.82) is 0 Å². The molecule has 1 N–H and O–H groups in total. The van der Waals surface area contributed by atoms with Gasteiger partial charge in [0.05, 0.1) is 0 Å². The Morgan fingerprint density at radius 1 is 1.22 bits per heavy atom. The molecular weight excluding hydrogens is 235 g/mol. The molecule has 1 fully saturated rings. The Labute approximate surface area is 106 Å². The van der Waals surface area contributed by atoms with Crippen LogP contribution in [0.15, 0.2) is 24.3 Å². The highest BCUT2D eigenvalue weighted by molar-refractivity contribution is 5.77. The van der Waals surface area contributed by atoms with Crippen LogP contribution in [0.4, 0.5) is 4.39 Å². The molecule has 1 aromatic carbocycles. The van der Waals surface area contributed by atoms with Crippen molar-refractivity contribution in [1.82, 2.24) is 10.4 Å². The number of carbonyl (C=O) groups excluding carboxylic acids is 1. The first-order chi connectivity index (χ1) is 8.74. The number of hydrogen-bond donors (Lipinski definition) is 1. The summed E-state index contributed by atoms with van der Waals surface area (Å²) in [5, 5.41) is 1.92. The third-order valence-corrected chi connectivity index (χ3v) is 2.82. The summed E-state index contributed by atoms with van der Waals surface area (Å²) in [6.07, 6.45) is 3.44.